The lowest BCUT2D eigenvalue weighted by Crippen LogP contribution is -1.98. The summed E-state index contributed by atoms with van der Waals surface area (Å²) in [6.45, 7) is 8.83. The fraction of sp³-hybridized carbons (Fsp3) is 0.500. The maximum atomic E-state index is 10.5. The Kier molecular flexibility index (Phi) is 8.22. The Morgan fingerprint density at radius 2 is 2.00 bits per heavy atom. The summed E-state index contributed by atoms with van der Waals surface area (Å²) >= 11 is 0. The van der Waals surface area contributed by atoms with Gasteiger partial charge in [0.05, 0.1) is 6.61 Å². The van der Waals surface area contributed by atoms with Gasteiger partial charge in [-0.05, 0) is 25.0 Å². The summed E-state index contributed by atoms with van der Waals surface area (Å²) in [6, 6.07) is 5.50. The molecule has 0 spiro atoms. The zero-order valence-corrected chi connectivity index (χ0v) is 10.7. The SMILES string of the molecule is CC.CCCCOc1cc(C=O)ccc1C. The molecule has 0 unspecified atom stereocenters. The second kappa shape index (κ2) is 8.96. The van der Waals surface area contributed by atoms with Crippen LogP contribution in [0.3, 0.4) is 0 Å². The molecule has 0 aliphatic rings. The Morgan fingerprint density at radius 3 is 2.56 bits per heavy atom. The van der Waals surface area contributed by atoms with Gasteiger partial charge in [0.1, 0.15) is 12.0 Å². The smallest absolute Gasteiger partial charge is 0.150 e. The predicted molar refractivity (Wildman–Crippen MR) is 68.3 cm³/mol. The molecular weight excluding hydrogens is 200 g/mol. The number of aldehydes is 1. The molecule has 0 aromatic heterocycles. The van der Waals surface area contributed by atoms with Gasteiger partial charge >= 0.3 is 0 Å². The molecule has 1 aromatic rings. The van der Waals surface area contributed by atoms with E-state index in [1.807, 2.05) is 26.8 Å². The third-order valence-corrected chi connectivity index (χ3v) is 2.10. The van der Waals surface area contributed by atoms with Crippen LogP contribution >= 0.6 is 0 Å². The largest absolute Gasteiger partial charge is 0.493 e. The molecule has 1 aromatic carbocycles. The minimum absolute atomic E-state index is 0.669. The average Bonchev–Trinajstić information content (AvgIpc) is 2.34. The van der Waals surface area contributed by atoms with Crippen LogP contribution in [0.5, 0.6) is 5.75 Å². The first-order chi connectivity index (χ1) is 7.77. The summed E-state index contributed by atoms with van der Waals surface area (Å²) in [5.74, 6) is 0.822. The molecule has 0 saturated carbocycles. The Hall–Kier alpha value is -1.31. The van der Waals surface area contributed by atoms with Crippen LogP contribution in [0.4, 0.5) is 0 Å². The van der Waals surface area contributed by atoms with Crippen molar-refractivity contribution in [1.29, 1.82) is 0 Å². The maximum absolute atomic E-state index is 10.5. The van der Waals surface area contributed by atoms with Crippen molar-refractivity contribution in [3.63, 3.8) is 0 Å². The van der Waals surface area contributed by atoms with Crippen molar-refractivity contribution >= 4 is 6.29 Å². The van der Waals surface area contributed by atoms with Crippen molar-refractivity contribution < 1.29 is 9.53 Å². The quantitative estimate of drug-likeness (QED) is 0.555. The fourth-order valence-corrected chi connectivity index (χ4v) is 1.17. The molecule has 0 heterocycles. The van der Waals surface area contributed by atoms with Crippen molar-refractivity contribution in [2.75, 3.05) is 6.61 Å². The summed E-state index contributed by atoms with van der Waals surface area (Å²) in [4.78, 5) is 10.5. The first kappa shape index (κ1) is 14.7. The molecule has 0 radical (unpaired) electrons. The lowest BCUT2D eigenvalue weighted by molar-refractivity contribution is 0.112. The van der Waals surface area contributed by atoms with E-state index in [1.54, 1.807) is 12.1 Å². The number of carbonyl (C=O) groups excluding carboxylic acids is 1. The van der Waals surface area contributed by atoms with Crippen LogP contribution in [0, 0.1) is 6.92 Å². The molecule has 0 bridgehead atoms. The molecular formula is C14H22O2. The average molecular weight is 222 g/mol. The van der Waals surface area contributed by atoms with E-state index in [0.717, 1.165) is 37.0 Å². The van der Waals surface area contributed by atoms with Gasteiger partial charge in [-0.15, -0.1) is 0 Å². The first-order valence-electron chi connectivity index (χ1n) is 5.96. The molecule has 0 saturated heterocycles. The normalized spacial score (nSPS) is 9.00. The molecule has 0 fully saturated rings. The number of ether oxygens (including phenoxy) is 1. The van der Waals surface area contributed by atoms with Gasteiger partial charge in [-0.25, -0.2) is 0 Å². The van der Waals surface area contributed by atoms with Gasteiger partial charge in [0.25, 0.3) is 0 Å². The molecule has 2 nitrogen and oxygen atoms in total. The minimum Gasteiger partial charge on any atom is -0.493 e. The van der Waals surface area contributed by atoms with E-state index < -0.39 is 0 Å². The Balaban J connectivity index is 0.00000106. The Bertz CT molecular complexity index is 306. The molecule has 0 N–H and O–H groups in total. The topological polar surface area (TPSA) is 26.3 Å². The summed E-state index contributed by atoms with van der Waals surface area (Å²) in [7, 11) is 0. The number of aryl methyl sites for hydroxylation is 1. The maximum Gasteiger partial charge on any atom is 0.150 e. The van der Waals surface area contributed by atoms with Gasteiger partial charge in [-0.2, -0.15) is 0 Å². The molecule has 90 valence electrons. The Morgan fingerprint density at radius 1 is 1.31 bits per heavy atom. The van der Waals surface area contributed by atoms with Gasteiger partial charge in [0.15, 0.2) is 0 Å². The first-order valence-corrected chi connectivity index (χ1v) is 5.96. The van der Waals surface area contributed by atoms with Crippen LogP contribution in [-0.2, 0) is 0 Å². The van der Waals surface area contributed by atoms with Crippen molar-refractivity contribution in [2.24, 2.45) is 0 Å². The monoisotopic (exact) mass is 222 g/mol. The third-order valence-electron chi connectivity index (χ3n) is 2.10. The van der Waals surface area contributed by atoms with Crippen LogP contribution < -0.4 is 4.74 Å². The van der Waals surface area contributed by atoms with Crippen LogP contribution in [0.1, 0.15) is 49.5 Å². The van der Waals surface area contributed by atoms with Crippen LogP contribution in [-0.4, -0.2) is 12.9 Å². The number of carbonyl (C=O) groups is 1. The molecule has 0 aliphatic carbocycles. The summed E-state index contributed by atoms with van der Waals surface area (Å²) in [5.41, 5.74) is 1.74. The standard InChI is InChI=1S/C12H16O2.C2H6/c1-3-4-7-14-12-8-11(9-13)6-5-10(12)2;1-2/h5-6,8-9H,3-4,7H2,1-2H3;1-2H3. The molecule has 16 heavy (non-hydrogen) atoms. The molecule has 2 heteroatoms. The highest BCUT2D eigenvalue weighted by Crippen LogP contribution is 2.18. The summed E-state index contributed by atoms with van der Waals surface area (Å²) in [5, 5.41) is 0. The lowest BCUT2D eigenvalue weighted by atomic mass is 10.1. The number of rotatable bonds is 5. The van der Waals surface area contributed by atoms with Crippen molar-refractivity contribution in [3.05, 3.63) is 29.3 Å². The predicted octanol–water partition coefficient (Wildman–Crippen LogP) is 4.01. The van der Waals surface area contributed by atoms with Gasteiger partial charge in [-0.3, -0.25) is 4.79 Å². The second-order valence-corrected chi connectivity index (χ2v) is 3.34. The van der Waals surface area contributed by atoms with Crippen LogP contribution in [0.25, 0.3) is 0 Å². The van der Waals surface area contributed by atoms with Gasteiger partial charge in [-0.1, -0.05) is 39.3 Å². The van der Waals surface area contributed by atoms with E-state index in [2.05, 4.69) is 6.92 Å². The number of hydrogen-bond acceptors (Lipinski definition) is 2. The van der Waals surface area contributed by atoms with Crippen LogP contribution in [0.2, 0.25) is 0 Å². The number of unbranched alkanes of at least 4 members (excludes halogenated alkanes) is 1. The summed E-state index contributed by atoms with van der Waals surface area (Å²) in [6.07, 6.45) is 3.00. The van der Waals surface area contributed by atoms with Crippen molar-refractivity contribution in [1.82, 2.24) is 0 Å². The molecule has 0 atom stereocenters. The van der Waals surface area contributed by atoms with E-state index >= 15 is 0 Å². The van der Waals surface area contributed by atoms with E-state index in [0.29, 0.717) is 5.56 Å². The van der Waals surface area contributed by atoms with Gasteiger partial charge in [0, 0.05) is 5.56 Å². The van der Waals surface area contributed by atoms with E-state index in [9.17, 15) is 4.79 Å². The molecule has 0 aliphatic heterocycles. The van der Waals surface area contributed by atoms with E-state index in [4.69, 9.17) is 4.74 Å². The highest BCUT2D eigenvalue weighted by molar-refractivity contribution is 5.75. The van der Waals surface area contributed by atoms with Gasteiger partial charge < -0.3 is 4.74 Å². The van der Waals surface area contributed by atoms with Crippen molar-refractivity contribution in [3.8, 4) is 5.75 Å². The van der Waals surface area contributed by atoms with Crippen molar-refractivity contribution in [2.45, 2.75) is 40.5 Å². The number of benzene rings is 1. The minimum atomic E-state index is 0.669. The second-order valence-electron chi connectivity index (χ2n) is 3.34. The van der Waals surface area contributed by atoms with Gasteiger partial charge in [0.2, 0.25) is 0 Å². The lowest BCUT2D eigenvalue weighted by Gasteiger charge is -2.08. The van der Waals surface area contributed by atoms with E-state index in [-0.39, 0.29) is 0 Å². The zero-order chi connectivity index (χ0) is 12.4. The third kappa shape index (κ3) is 4.96. The molecule has 0 amide bonds. The fourth-order valence-electron chi connectivity index (χ4n) is 1.17. The Labute approximate surface area is 98.6 Å². The highest BCUT2D eigenvalue weighted by Gasteiger charge is 2.00. The van der Waals surface area contributed by atoms with Crippen LogP contribution in [0.15, 0.2) is 18.2 Å². The summed E-state index contributed by atoms with van der Waals surface area (Å²) < 4.78 is 5.56. The highest BCUT2D eigenvalue weighted by atomic mass is 16.5. The van der Waals surface area contributed by atoms with E-state index in [1.165, 1.54) is 0 Å². The number of hydrogen-bond donors (Lipinski definition) is 0. The zero-order valence-electron chi connectivity index (χ0n) is 10.7. The molecule has 1 rings (SSSR count).